The third-order valence-corrected chi connectivity index (χ3v) is 4.92. The van der Waals surface area contributed by atoms with Gasteiger partial charge in [0.1, 0.15) is 17.8 Å². The molecule has 1 saturated heterocycles. The van der Waals surface area contributed by atoms with Crippen molar-refractivity contribution in [3.63, 3.8) is 0 Å². The zero-order valence-corrected chi connectivity index (χ0v) is 13.7. The Morgan fingerprint density at radius 3 is 2.54 bits per heavy atom. The Balaban J connectivity index is 1.36. The molecule has 127 valence electrons. The molecule has 2 aliphatic heterocycles. The van der Waals surface area contributed by atoms with Gasteiger partial charge >= 0.3 is 0 Å². The van der Waals surface area contributed by atoms with Crippen LogP contribution in [0, 0.1) is 12.0 Å². The Bertz CT molecular complexity index is 631. The first-order valence-electron chi connectivity index (χ1n) is 8.64. The number of nitrogens with one attached hydrogen (secondary N) is 1. The Labute approximate surface area is 141 Å². The number of ether oxygens (including phenoxy) is 1. The van der Waals surface area contributed by atoms with Crippen LogP contribution in [-0.2, 0) is 0 Å². The van der Waals surface area contributed by atoms with Gasteiger partial charge in [-0.2, -0.15) is 4.99 Å². The number of nitrogens with zero attached hydrogens (tertiary/aromatic N) is 3. The van der Waals surface area contributed by atoms with Gasteiger partial charge in [0.15, 0.2) is 5.82 Å². The molecule has 0 aromatic heterocycles. The summed E-state index contributed by atoms with van der Waals surface area (Å²) >= 11 is 0. The van der Waals surface area contributed by atoms with Crippen LogP contribution in [0.15, 0.2) is 35.1 Å². The van der Waals surface area contributed by atoms with Crippen molar-refractivity contribution >= 4 is 5.90 Å². The second-order valence-electron chi connectivity index (χ2n) is 6.47. The van der Waals surface area contributed by atoms with Gasteiger partial charge in [0.25, 0.3) is 0 Å². The predicted molar refractivity (Wildman–Crippen MR) is 90.0 cm³/mol. The standard InChI is InChI=1S/C18H22FN4O/c19-14-4-6-16(7-5-14)24-18-13-20-12-17(21-18)23-10-8-22(9-11-23)15-2-1-3-15/h4-7,15,20H,1-3,8-11,13H2. The minimum Gasteiger partial charge on any atom is -0.441 e. The van der Waals surface area contributed by atoms with Crippen molar-refractivity contribution in [2.24, 2.45) is 4.99 Å². The highest BCUT2D eigenvalue weighted by molar-refractivity contribution is 5.82. The molecule has 0 atom stereocenters. The summed E-state index contributed by atoms with van der Waals surface area (Å²) in [7, 11) is 0. The molecular formula is C18H22FN4O. The lowest BCUT2D eigenvalue weighted by Crippen LogP contribution is -2.52. The third-order valence-electron chi connectivity index (χ3n) is 4.92. The van der Waals surface area contributed by atoms with Crippen molar-refractivity contribution in [3.8, 4) is 5.75 Å². The fraction of sp³-hybridized carbons (Fsp3) is 0.500. The molecule has 0 spiro atoms. The first kappa shape index (κ1) is 15.4. The maximum Gasteiger partial charge on any atom is 0.216 e. The van der Waals surface area contributed by atoms with Gasteiger partial charge in [0, 0.05) is 32.2 Å². The summed E-state index contributed by atoms with van der Waals surface area (Å²) in [6.45, 7) is 4.59. The average Bonchev–Trinajstić information content (AvgIpc) is 2.56. The molecule has 1 aliphatic carbocycles. The van der Waals surface area contributed by atoms with Crippen LogP contribution in [0.4, 0.5) is 4.39 Å². The van der Waals surface area contributed by atoms with Crippen molar-refractivity contribution in [2.45, 2.75) is 25.3 Å². The normalized spacial score (nSPS) is 22.3. The molecule has 3 aliphatic rings. The number of hydrogen-bond donors (Lipinski definition) is 1. The zero-order valence-electron chi connectivity index (χ0n) is 13.7. The number of halogens is 1. The van der Waals surface area contributed by atoms with Crippen molar-refractivity contribution in [3.05, 3.63) is 42.1 Å². The zero-order chi connectivity index (χ0) is 16.4. The van der Waals surface area contributed by atoms with E-state index >= 15 is 0 Å². The van der Waals surface area contributed by atoms with E-state index in [-0.39, 0.29) is 5.82 Å². The molecule has 1 aromatic rings. The number of benzene rings is 1. The number of rotatable bonds is 3. The highest BCUT2D eigenvalue weighted by Gasteiger charge is 2.29. The molecule has 0 bridgehead atoms. The molecule has 1 saturated carbocycles. The molecule has 0 unspecified atom stereocenters. The van der Waals surface area contributed by atoms with Gasteiger partial charge in [-0.15, -0.1) is 0 Å². The van der Waals surface area contributed by atoms with Crippen LogP contribution in [0.2, 0.25) is 0 Å². The molecular weight excluding hydrogens is 307 g/mol. The lowest BCUT2D eigenvalue weighted by atomic mass is 9.91. The quantitative estimate of drug-likeness (QED) is 0.921. The molecule has 6 heteroatoms. The minimum absolute atomic E-state index is 0.274. The van der Waals surface area contributed by atoms with Crippen LogP contribution in [0.3, 0.4) is 0 Å². The summed E-state index contributed by atoms with van der Waals surface area (Å²) in [5.41, 5.74) is 0. The van der Waals surface area contributed by atoms with Gasteiger partial charge in [0.05, 0.1) is 6.54 Å². The second-order valence-corrected chi connectivity index (χ2v) is 6.47. The second kappa shape index (κ2) is 6.81. The van der Waals surface area contributed by atoms with Crippen molar-refractivity contribution in [2.75, 3.05) is 32.7 Å². The Morgan fingerprint density at radius 1 is 1.12 bits per heavy atom. The van der Waals surface area contributed by atoms with Gasteiger partial charge in [-0.25, -0.2) is 4.39 Å². The third kappa shape index (κ3) is 3.38. The molecule has 2 heterocycles. The van der Waals surface area contributed by atoms with Gasteiger partial charge < -0.3 is 15.0 Å². The van der Waals surface area contributed by atoms with E-state index in [4.69, 9.17) is 4.74 Å². The lowest BCUT2D eigenvalue weighted by Gasteiger charge is -2.43. The molecule has 1 aromatic carbocycles. The Kier molecular flexibility index (Phi) is 4.38. The number of hydrogen-bond acceptors (Lipinski definition) is 5. The summed E-state index contributed by atoms with van der Waals surface area (Å²) in [5, 5.41) is 3.10. The van der Waals surface area contributed by atoms with Crippen molar-refractivity contribution in [1.29, 1.82) is 0 Å². The summed E-state index contributed by atoms with van der Waals surface area (Å²) in [5.74, 6) is 1.70. The molecule has 1 N–H and O–H groups in total. The van der Waals surface area contributed by atoms with Crippen LogP contribution in [0.1, 0.15) is 19.3 Å². The van der Waals surface area contributed by atoms with Crippen molar-refractivity contribution < 1.29 is 9.13 Å². The van der Waals surface area contributed by atoms with Gasteiger partial charge in [-0.05, 0) is 37.1 Å². The van der Waals surface area contributed by atoms with Crippen LogP contribution < -0.4 is 10.1 Å². The Morgan fingerprint density at radius 2 is 1.88 bits per heavy atom. The summed E-state index contributed by atoms with van der Waals surface area (Å²) in [4.78, 5) is 9.42. The summed E-state index contributed by atoms with van der Waals surface area (Å²) in [6.07, 6.45) is 7.21. The van der Waals surface area contributed by atoms with E-state index < -0.39 is 0 Å². The highest BCUT2D eigenvalue weighted by atomic mass is 19.1. The molecule has 2 fully saturated rings. The van der Waals surface area contributed by atoms with Gasteiger partial charge in [0.2, 0.25) is 5.90 Å². The highest BCUT2D eigenvalue weighted by Crippen LogP contribution is 2.26. The van der Waals surface area contributed by atoms with Crippen LogP contribution in [-0.4, -0.2) is 54.5 Å². The van der Waals surface area contributed by atoms with Gasteiger partial charge in [-0.3, -0.25) is 4.90 Å². The molecule has 0 amide bonds. The van der Waals surface area contributed by atoms with Crippen molar-refractivity contribution in [1.82, 2.24) is 15.1 Å². The SMILES string of the molecule is Fc1ccc(OC2=NC(N3CCN(C4CCC4)CC3)=[C]NC2)cc1. The predicted octanol–water partition coefficient (Wildman–Crippen LogP) is 1.98. The molecule has 4 rings (SSSR count). The van der Waals surface area contributed by atoms with E-state index in [1.54, 1.807) is 12.1 Å². The molecule has 24 heavy (non-hydrogen) atoms. The smallest absolute Gasteiger partial charge is 0.216 e. The topological polar surface area (TPSA) is 40.1 Å². The van der Waals surface area contributed by atoms with Crippen LogP contribution >= 0.6 is 0 Å². The molecule has 1 radical (unpaired) electrons. The van der Waals surface area contributed by atoms with Crippen LogP contribution in [0.5, 0.6) is 5.75 Å². The lowest BCUT2D eigenvalue weighted by molar-refractivity contribution is 0.0735. The van der Waals surface area contributed by atoms with Crippen LogP contribution in [0.25, 0.3) is 0 Å². The Hall–Kier alpha value is -2.08. The van der Waals surface area contributed by atoms with E-state index in [0.717, 1.165) is 38.0 Å². The number of piperazine rings is 1. The summed E-state index contributed by atoms with van der Waals surface area (Å²) < 4.78 is 18.7. The fourth-order valence-corrected chi connectivity index (χ4v) is 3.28. The van der Waals surface area contributed by atoms with E-state index in [9.17, 15) is 4.39 Å². The largest absolute Gasteiger partial charge is 0.441 e. The van der Waals surface area contributed by atoms with E-state index in [0.29, 0.717) is 18.2 Å². The first-order chi connectivity index (χ1) is 11.8. The molecule has 5 nitrogen and oxygen atoms in total. The van der Waals surface area contributed by atoms with E-state index in [1.807, 2.05) is 0 Å². The maximum absolute atomic E-state index is 13.0. The monoisotopic (exact) mass is 329 g/mol. The van der Waals surface area contributed by atoms with E-state index in [2.05, 4.69) is 26.3 Å². The maximum atomic E-state index is 13.0. The van der Waals surface area contributed by atoms with Gasteiger partial charge in [-0.1, -0.05) is 6.42 Å². The first-order valence-corrected chi connectivity index (χ1v) is 8.64. The number of aliphatic imine (C=N–C) groups is 1. The minimum atomic E-state index is -0.274. The van der Waals surface area contributed by atoms with E-state index in [1.165, 1.54) is 31.4 Å². The summed E-state index contributed by atoms with van der Waals surface area (Å²) in [6, 6.07) is 6.78. The average molecular weight is 329 g/mol. The fourth-order valence-electron chi connectivity index (χ4n) is 3.28.